The molecule has 1 rings (SSSR count). The van der Waals surface area contributed by atoms with Gasteiger partial charge in [0, 0.05) is 48.9 Å². The van der Waals surface area contributed by atoms with Crippen LogP contribution in [0.2, 0.25) is 0 Å². The average molecular weight is 473 g/mol. The lowest BCUT2D eigenvalue weighted by Gasteiger charge is -2.10. The van der Waals surface area contributed by atoms with Crippen molar-refractivity contribution in [1.29, 1.82) is 0 Å². The fraction of sp³-hybridized carbons (Fsp3) is 0. The smallest absolute Gasteiger partial charge is 0.241 e. The molecule has 0 aliphatic carbocycles. The van der Waals surface area contributed by atoms with Crippen LogP contribution >= 0.6 is 42.7 Å². The molecule has 0 N–H and O–H groups in total. The van der Waals surface area contributed by atoms with Crippen molar-refractivity contribution in [3.8, 4) is 0 Å². The number of nitrogens with zero attached hydrogens (tertiary/aromatic N) is 1. The van der Waals surface area contributed by atoms with Crippen molar-refractivity contribution in [3.63, 3.8) is 0 Å². The molecule has 126 valence electrons. The zero-order valence-electron chi connectivity index (χ0n) is 9.44. The average Bonchev–Trinajstić information content (AvgIpc) is 2.22. The molecule has 0 bridgehead atoms. The molecule has 1 aromatic heterocycles. The molecule has 1 heterocycles. The van der Waals surface area contributed by atoms with Crippen LogP contribution in [0.4, 0.5) is 0 Å². The summed E-state index contributed by atoms with van der Waals surface area (Å²) in [6.07, 6.45) is 0.165. The summed E-state index contributed by atoms with van der Waals surface area (Å²) in [6.45, 7) is 0. The maximum absolute atomic E-state index is 11.5. The van der Waals surface area contributed by atoms with Crippen molar-refractivity contribution < 1.29 is 33.7 Å². The minimum Gasteiger partial charge on any atom is -0.241 e. The van der Waals surface area contributed by atoms with Gasteiger partial charge in [0.2, 0.25) is 0 Å². The summed E-state index contributed by atoms with van der Waals surface area (Å²) in [7, 11) is -0.300. The third-order valence-electron chi connectivity index (χ3n) is 1.90. The lowest BCUT2D eigenvalue weighted by molar-refractivity contribution is 0.574. The van der Waals surface area contributed by atoms with Crippen LogP contribution in [0.5, 0.6) is 0 Å². The quantitative estimate of drug-likeness (QED) is 0.579. The van der Waals surface area contributed by atoms with Crippen molar-refractivity contribution in [2.45, 2.75) is 19.7 Å². The van der Waals surface area contributed by atoms with E-state index in [0.29, 0.717) is 0 Å². The second-order valence-corrected chi connectivity index (χ2v) is 13.4. The molecular weight excluding hydrogens is 472 g/mol. The SMILES string of the molecule is O=S(=O)(Cl)c1cnc(S(=O)(=O)Cl)c(S(=O)(=O)Cl)c1S(=O)(=O)Cl. The van der Waals surface area contributed by atoms with Crippen molar-refractivity contribution in [2.24, 2.45) is 0 Å². The topological polar surface area (TPSA) is 149 Å². The molecule has 0 spiro atoms. The summed E-state index contributed by atoms with van der Waals surface area (Å²) >= 11 is 0. The van der Waals surface area contributed by atoms with Gasteiger partial charge in [-0.05, 0) is 0 Å². The molecular formula is C5HCl4NO8S4. The van der Waals surface area contributed by atoms with Crippen LogP contribution in [0.3, 0.4) is 0 Å². The Labute approximate surface area is 142 Å². The van der Waals surface area contributed by atoms with Gasteiger partial charge in [-0.2, -0.15) is 0 Å². The summed E-state index contributed by atoms with van der Waals surface area (Å²) in [6, 6.07) is 0. The van der Waals surface area contributed by atoms with Gasteiger partial charge in [-0.3, -0.25) is 0 Å². The molecule has 17 heteroatoms. The molecule has 0 saturated carbocycles. The van der Waals surface area contributed by atoms with Gasteiger partial charge in [-0.25, -0.2) is 38.7 Å². The van der Waals surface area contributed by atoms with E-state index >= 15 is 0 Å². The highest BCUT2D eigenvalue weighted by Gasteiger charge is 2.38. The number of pyridine rings is 1. The summed E-state index contributed by atoms with van der Waals surface area (Å²) in [5, 5.41) is -1.52. The number of aromatic nitrogens is 1. The Morgan fingerprint density at radius 1 is 0.636 bits per heavy atom. The predicted molar refractivity (Wildman–Crippen MR) is 76.4 cm³/mol. The Hall–Kier alpha value is 0.110. The van der Waals surface area contributed by atoms with Crippen molar-refractivity contribution in [2.75, 3.05) is 0 Å². The minimum absolute atomic E-state index is 0.165. The predicted octanol–water partition coefficient (Wildman–Crippen LogP) is 0.792. The van der Waals surface area contributed by atoms with E-state index < -0.39 is 55.9 Å². The first-order valence-electron chi connectivity index (χ1n) is 4.29. The Kier molecular flexibility index (Phi) is 5.39. The van der Waals surface area contributed by atoms with Crippen LogP contribution in [0.25, 0.3) is 0 Å². The number of halogens is 4. The first-order chi connectivity index (χ1) is 9.47. The van der Waals surface area contributed by atoms with Crippen LogP contribution in [-0.2, 0) is 36.2 Å². The Morgan fingerprint density at radius 3 is 1.32 bits per heavy atom. The molecule has 0 saturated heterocycles. The van der Waals surface area contributed by atoms with Gasteiger partial charge in [0.1, 0.15) is 14.7 Å². The fourth-order valence-corrected chi connectivity index (χ4v) is 8.01. The Bertz CT molecular complexity index is 969. The van der Waals surface area contributed by atoms with E-state index in [-0.39, 0.29) is 6.20 Å². The van der Waals surface area contributed by atoms with Gasteiger partial charge >= 0.3 is 0 Å². The van der Waals surface area contributed by atoms with E-state index in [4.69, 9.17) is 42.7 Å². The molecule has 0 atom stereocenters. The van der Waals surface area contributed by atoms with Crippen molar-refractivity contribution in [1.82, 2.24) is 4.98 Å². The van der Waals surface area contributed by atoms with E-state index in [2.05, 4.69) is 4.98 Å². The number of hydrogen-bond acceptors (Lipinski definition) is 9. The molecule has 9 nitrogen and oxygen atoms in total. The van der Waals surface area contributed by atoms with Crippen LogP contribution in [0, 0.1) is 0 Å². The van der Waals surface area contributed by atoms with Crippen LogP contribution < -0.4 is 0 Å². The summed E-state index contributed by atoms with van der Waals surface area (Å²) < 4.78 is 91.2. The monoisotopic (exact) mass is 471 g/mol. The highest BCUT2D eigenvalue weighted by Crippen LogP contribution is 2.37. The van der Waals surface area contributed by atoms with E-state index in [9.17, 15) is 33.7 Å². The molecule has 0 radical (unpaired) electrons. The molecule has 1 aromatic rings. The first kappa shape index (κ1) is 20.2. The zero-order chi connectivity index (χ0) is 17.7. The summed E-state index contributed by atoms with van der Waals surface area (Å²) in [5.74, 6) is 0. The summed E-state index contributed by atoms with van der Waals surface area (Å²) in [5.41, 5.74) is 0. The van der Waals surface area contributed by atoms with Crippen LogP contribution in [0.15, 0.2) is 25.9 Å². The maximum atomic E-state index is 11.5. The van der Waals surface area contributed by atoms with Gasteiger partial charge in [-0.15, -0.1) is 0 Å². The Morgan fingerprint density at radius 2 is 1.05 bits per heavy atom. The normalized spacial score (nSPS) is 14.0. The molecule has 22 heavy (non-hydrogen) atoms. The standard InChI is InChI=1S/C5HCl4NO8S4/c6-19(11,12)2-1-10-5(22(9,17)18)4(21(8,15)16)3(2)20(7,13)14/h1H. The van der Waals surface area contributed by atoms with Crippen LogP contribution in [0.1, 0.15) is 0 Å². The Balaban J connectivity index is 4.41. The highest BCUT2D eigenvalue weighted by atomic mass is 35.7. The van der Waals surface area contributed by atoms with Gasteiger partial charge in [-0.1, -0.05) is 0 Å². The van der Waals surface area contributed by atoms with Gasteiger partial charge in [0.05, 0.1) is 0 Å². The zero-order valence-corrected chi connectivity index (χ0v) is 15.7. The molecule has 0 amide bonds. The molecule has 0 aromatic carbocycles. The van der Waals surface area contributed by atoms with Gasteiger partial charge in [0.25, 0.3) is 36.2 Å². The van der Waals surface area contributed by atoms with Crippen LogP contribution in [-0.4, -0.2) is 38.7 Å². The lowest BCUT2D eigenvalue weighted by Crippen LogP contribution is -2.14. The number of rotatable bonds is 4. The van der Waals surface area contributed by atoms with Crippen molar-refractivity contribution >= 4 is 78.9 Å². The third-order valence-corrected chi connectivity index (χ3v) is 7.56. The minimum atomic E-state index is -5.15. The lowest BCUT2D eigenvalue weighted by atomic mass is 10.5. The largest absolute Gasteiger partial charge is 0.280 e. The number of hydrogen-bond donors (Lipinski definition) is 0. The van der Waals surface area contributed by atoms with Gasteiger partial charge < -0.3 is 0 Å². The van der Waals surface area contributed by atoms with E-state index in [1.165, 1.54) is 0 Å². The first-order valence-corrected chi connectivity index (χ1v) is 13.5. The van der Waals surface area contributed by atoms with Crippen molar-refractivity contribution in [3.05, 3.63) is 6.20 Å². The molecule has 0 fully saturated rings. The molecule has 0 unspecified atom stereocenters. The maximum Gasteiger partial charge on any atom is 0.280 e. The van der Waals surface area contributed by atoms with E-state index in [0.717, 1.165) is 0 Å². The second kappa shape index (κ2) is 5.88. The molecule has 0 aliphatic rings. The fourth-order valence-electron chi connectivity index (χ4n) is 1.24. The molecule has 0 aliphatic heterocycles. The van der Waals surface area contributed by atoms with E-state index in [1.807, 2.05) is 0 Å². The van der Waals surface area contributed by atoms with E-state index in [1.54, 1.807) is 0 Å². The highest BCUT2D eigenvalue weighted by molar-refractivity contribution is 8.18. The summed E-state index contributed by atoms with van der Waals surface area (Å²) in [4.78, 5) is -1.79. The second-order valence-electron chi connectivity index (χ2n) is 3.34. The third kappa shape index (κ3) is 4.35. The van der Waals surface area contributed by atoms with Gasteiger partial charge in [0.15, 0.2) is 5.03 Å².